The van der Waals surface area contributed by atoms with Crippen LogP contribution < -0.4 is 5.43 Å². The van der Waals surface area contributed by atoms with Gasteiger partial charge in [-0.3, -0.25) is 9.59 Å². The molecule has 110 valence electrons. The molecule has 1 aromatic carbocycles. The molecule has 0 aliphatic heterocycles. The summed E-state index contributed by atoms with van der Waals surface area (Å²) >= 11 is 0. The molecule has 6 nitrogen and oxygen atoms in total. The highest BCUT2D eigenvalue weighted by molar-refractivity contribution is 5.98. The van der Waals surface area contributed by atoms with E-state index in [-0.39, 0.29) is 12.0 Å². The van der Waals surface area contributed by atoms with Gasteiger partial charge in [-0.05, 0) is 18.6 Å². The molecule has 0 aliphatic carbocycles. The lowest BCUT2D eigenvalue weighted by atomic mass is 10.1. The summed E-state index contributed by atoms with van der Waals surface area (Å²) in [6, 6.07) is 5.90. The van der Waals surface area contributed by atoms with Gasteiger partial charge in [-0.15, -0.1) is 0 Å². The van der Waals surface area contributed by atoms with Gasteiger partial charge in [0.2, 0.25) is 5.43 Å². The van der Waals surface area contributed by atoms with E-state index in [1.807, 2.05) is 0 Å². The quantitative estimate of drug-likeness (QED) is 0.891. The maximum atomic E-state index is 12.4. The molecule has 0 fully saturated rings. The van der Waals surface area contributed by atoms with Gasteiger partial charge in [0.15, 0.2) is 0 Å². The summed E-state index contributed by atoms with van der Waals surface area (Å²) in [5, 5.41) is 9.50. The van der Waals surface area contributed by atoms with Gasteiger partial charge in [0.05, 0.1) is 0 Å². The maximum absolute atomic E-state index is 12.4. The van der Waals surface area contributed by atoms with Crippen molar-refractivity contribution in [2.45, 2.75) is 19.4 Å². The lowest BCUT2D eigenvalue weighted by Crippen LogP contribution is -2.43. The van der Waals surface area contributed by atoms with E-state index in [1.165, 1.54) is 13.2 Å². The van der Waals surface area contributed by atoms with Crippen molar-refractivity contribution in [1.29, 1.82) is 0 Å². The number of carbonyl (C=O) groups is 2. The third-order valence-electron chi connectivity index (χ3n) is 3.48. The average molecular weight is 288 g/mol. The number of benzene rings is 1. The molecule has 1 amide bonds. The number of hydrogen-bond donors (Lipinski definition) is 2. The zero-order valence-corrected chi connectivity index (χ0v) is 11.8. The van der Waals surface area contributed by atoms with Crippen LogP contribution in [0.4, 0.5) is 0 Å². The predicted molar refractivity (Wildman–Crippen MR) is 78.4 cm³/mol. The summed E-state index contributed by atoms with van der Waals surface area (Å²) < 4.78 is 0. The number of carboxylic acids is 1. The van der Waals surface area contributed by atoms with Crippen LogP contribution in [0.15, 0.2) is 35.3 Å². The van der Waals surface area contributed by atoms with Crippen LogP contribution in [0.1, 0.15) is 23.7 Å². The highest BCUT2D eigenvalue weighted by Gasteiger charge is 2.27. The number of pyridine rings is 1. The van der Waals surface area contributed by atoms with Crippen molar-refractivity contribution in [2.24, 2.45) is 0 Å². The van der Waals surface area contributed by atoms with Crippen LogP contribution in [0.5, 0.6) is 0 Å². The SMILES string of the molecule is CCC(C(=O)O)N(C)C(=O)c1c[nH]c2ccccc2c1=O. The fraction of sp³-hybridized carbons (Fsp3) is 0.267. The Morgan fingerprint density at radius 3 is 2.62 bits per heavy atom. The zero-order chi connectivity index (χ0) is 15.6. The van der Waals surface area contributed by atoms with Crippen molar-refractivity contribution in [3.63, 3.8) is 0 Å². The van der Waals surface area contributed by atoms with Gasteiger partial charge in [-0.2, -0.15) is 0 Å². The van der Waals surface area contributed by atoms with Crippen LogP contribution >= 0.6 is 0 Å². The van der Waals surface area contributed by atoms with E-state index in [0.29, 0.717) is 10.9 Å². The van der Waals surface area contributed by atoms with E-state index in [9.17, 15) is 14.4 Å². The largest absolute Gasteiger partial charge is 0.480 e. The van der Waals surface area contributed by atoms with Crippen molar-refractivity contribution in [2.75, 3.05) is 7.05 Å². The van der Waals surface area contributed by atoms with E-state index in [1.54, 1.807) is 31.2 Å². The molecule has 6 heteroatoms. The maximum Gasteiger partial charge on any atom is 0.326 e. The van der Waals surface area contributed by atoms with E-state index in [4.69, 9.17) is 5.11 Å². The number of fused-ring (bicyclic) bond motifs is 1. The first kappa shape index (κ1) is 14.8. The lowest BCUT2D eigenvalue weighted by molar-refractivity contribution is -0.142. The predicted octanol–water partition coefficient (Wildman–Crippen LogP) is 1.46. The number of aromatic amines is 1. The van der Waals surface area contributed by atoms with Crippen LogP contribution in [0.2, 0.25) is 0 Å². The van der Waals surface area contributed by atoms with Gasteiger partial charge >= 0.3 is 5.97 Å². The topological polar surface area (TPSA) is 90.5 Å². The Hall–Kier alpha value is -2.63. The van der Waals surface area contributed by atoms with Gasteiger partial charge in [0.25, 0.3) is 5.91 Å². The van der Waals surface area contributed by atoms with Gasteiger partial charge in [0, 0.05) is 24.1 Å². The molecule has 2 rings (SSSR count). The number of carbonyl (C=O) groups excluding carboxylic acids is 1. The number of carboxylic acid groups (broad SMARTS) is 1. The number of rotatable bonds is 4. The Morgan fingerprint density at radius 2 is 2.00 bits per heavy atom. The second kappa shape index (κ2) is 5.78. The molecule has 1 unspecified atom stereocenters. The minimum atomic E-state index is -1.09. The third kappa shape index (κ3) is 2.65. The Balaban J connectivity index is 2.47. The number of aromatic nitrogens is 1. The molecule has 1 aromatic heterocycles. The Morgan fingerprint density at radius 1 is 1.33 bits per heavy atom. The summed E-state index contributed by atoms with van der Waals surface area (Å²) in [4.78, 5) is 39.8. The molecule has 2 aromatic rings. The second-order valence-corrected chi connectivity index (χ2v) is 4.76. The summed E-state index contributed by atoms with van der Waals surface area (Å²) in [6.45, 7) is 1.67. The standard InChI is InChI=1S/C15H16N2O4/c1-3-12(15(20)21)17(2)14(19)10-8-16-11-7-5-4-6-9(11)13(10)18/h4-8,12H,3H2,1-2H3,(H,16,18)(H,20,21). The van der Waals surface area contributed by atoms with Crippen molar-refractivity contribution in [1.82, 2.24) is 9.88 Å². The molecule has 0 radical (unpaired) electrons. The molecule has 0 bridgehead atoms. The van der Waals surface area contributed by atoms with Crippen LogP contribution in [0.3, 0.4) is 0 Å². The van der Waals surface area contributed by atoms with Gasteiger partial charge in [-0.25, -0.2) is 4.79 Å². The molecule has 2 N–H and O–H groups in total. The smallest absolute Gasteiger partial charge is 0.326 e. The number of amides is 1. The fourth-order valence-electron chi connectivity index (χ4n) is 2.27. The molecule has 0 spiro atoms. The highest BCUT2D eigenvalue weighted by atomic mass is 16.4. The minimum absolute atomic E-state index is 0.0594. The van der Waals surface area contributed by atoms with E-state index in [2.05, 4.69) is 4.98 Å². The molecule has 1 atom stereocenters. The molecule has 0 aliphatic rings. The number of para-hydroxylation sites is 1. The summed E-state index contributed by atoms with van der Waals surface area (Å²) in [6.07, 6.45) is 1.60. The zero-order valence-electron chi connectivity index (χ0n) is 11.8. The van der Waals surface area contributed by atoms with Gasteiger partial charge < -0.3 is 15.0 Å². The van der Waals surface area contributed by atoms with E-state index < -0.39 is 23.3 Å². The van der Waals surface area contributed by atoms with Crippen LogP contribution in [-0.2, 0) is 4.79 Å². The van der Waals surface area contributed by atoms with E-state index in [0.717, 1.165) is 4.90 Å². The van der Waals surface area contributed by atoms with Gasteiger partial charge in [-0.1, -0.05) is 19.1 Å². The summed E-state index contributed by atoms with van der Waals surface area (Å²) in [7, 11) is 1.39. The first-order valence-corrected chi connectivity index (χ1v) is 6.57. The third-order valence-corrected chi connectivity index (χ3v) is 3.48. The number of likely N-dealkylation sites (N-methyl/N-ethyl adjacent to an activating group) is 1. The minimum Gasteiger partial charge on any atom is -0.480 e. The summed E-state index contributed by atoms with van der Waals surface area (Å²) in [5.74, 6) is -1.69. The summed E-state index contributed by atoms with van der Waals surface area (Å²) in [5.41, 5.74) is 0.171. The molecule has 1 heterocycles. The highest BCUT2D eigenvalue weighted by Crippen LogP contribution is 2.10. The van der Waals surface area contributed by atoms with E-state index >= 15 is 0 Å². The van der Waals surface area contributed by atoms with Crippen LogP contribution in [-0.4, -0.2) is 40.0 Å². The number of nitrogens with one attached hydrogen (secondary N) is 1. The number of hydrogen-bond acceptors (Lipinski definition) is 3. The van der Waals surface area contributed by atoms with Crippen molar-refractivity contribution < 1.29 is 14.7 Å². The number of H-pyrrole nitrogens is 1. The second-order valence-electron chi connectivity index (χ2n) is 4.76. The average Bonchev–Trinajstić information content (AvgIpc) is 2.47. The fourth-order valence-corrected chi connectivity index (χ4v) is 2.27. The number of nitrogens with zero attached hydrogens (tertiary/aromatic N) is 1. The Kier molecular flexibility index (Phi) is 4.07. The van der Waals surface area contributed by atoms with Crippen molar-refractivity contribution >= 4 is 22.8 Å². The van der Waals surface area contributed by atoms with Crippen molar-refractivity contribution in [3.05, 3.63) is 46.2 Å². The molecular formula is C15H16N2O4. The normalized spacial score (nSPS) is 12.1. The molecule has 21 heavy (non-hydrogen) atoms. The first-order chi connectivity index (χ1) is 9.97. The van der Waals surface area contributed by atoms with Crippen LogP contribution in [0, 0.1) is 0 Å². The Labute approximate surface area is 121 Å². The van der Waals surface area contributed by atoms with Gasteiger partial charge in [0.1, 0.15) is 11.6 Å². The Bertz CT molecular complexity index is 751. The van der Waals surface area contributed by atoms with Crippen LogP contribution in [0.25, 0.3) is 10.9 Å². The first-order valence-electron chi connectivity index (χ1n) is 6.57. The molecule has 0 saturated heterocycles. The molecule has 0 saturated carbocycles. The van der Waals surface area contributed by atoms with Crippen molar-refractivity contribution in [3.8, 4) is 0 Å². The lowest BCUT2D eigenvalue weighted by Gasteiger charge is -2.23. The monoisotopic (exact) mass is 288 g/mol. The number of aliphatic carboxylic acids is 1. The molecular weight excluding hydrogens is 272 g/mol.